The zero-order chi connectivity index (χ0) is 12.3. The Morgan fingerprint density at radius 2 is 2.00 bits per heavy atom. The van der Waals surface area contributed by atoms with Crippen LogP contribution in [-0.4, -0.2) is 20.8 Å². The van der Waals surface area contributed by atoms with Gasteiger partial charge >= 0.3 is 0 Å². The van der Waals surface area contributed by atoms with Crippen molar-refractivity contribution in [1.29, 1.82) is 0 Å². The number of nitrogens with two attached hydrogens (primary N) is 1. The lowest BCUT2D eigenvalue weighted by atomic mass is 10.2. The minimum absolute atomic E-state index is 0. The second-order valence-electron chi connectivity index (χ2n) is 3.95. The van der Waals surface area contributed by atoms with Crippen LogP contribution in [-0.2, 0) is 6.54 Å². The first kappa shape index (κ1) is 17.8. The molecule has 0 aliphatic rings. The van der Waals surface area contributed by atoms with E-state index in [1.54, 1.807) is 10.7 Å². The molecule has 7 heteroatoms. The molecule has 2 N–H and O–H groups in total. The highest BCUT2D eigenvalue weighted by Crippen LogP contribution is 2.14. The van der Waals surface area contributed by atoms with Gasteiger partial charge in [-0.05, 0) is 24.6 Å². The molecule has 0 spiro atoms. The Morgan fingerprint density at radius 1 is 1.26 bits per heavy atom. The van der Waals surface area contributed by atoms with E-state index < -0.39 is 0 Å². The van der Waals surface area contributed by atoms with Gasteiger partial charge in [-0.3, -0.25) is 9.67 Å². The van der Waals surface area contributed by atoms with Crippen molar-refractivity contribution in [2.45, 2.75) is 25.9 Å². The molecule has 0 aliphatic carbocycles. The molecule has 4 nitrogen and oxygen atoms in total. The summed E-state index contributed by atoms with van der Waals surface area (Å²) in [5, 5.41) is 4.35. The fourth-order valence-corrected chi connectivity index (χ4v) is 1.50. The van der Waals surface area contributed by atoms with Crippen LogP contribution in [0.4, 0.5) is 4.39 Å². The summed E-state index contributed by atoms with van der Waals surface area (Å²) in [6, 6.07) is 4.94. The molecule has 0 bridgehead atoms. The lowest BCUT2D eigenvalue weighted by molar-refractivity contribution is 0.501. The lowest BCUT2D eigenvalue weighted by Crippen LogP contribution is -2.25. The summed E-state index contributed by atoms with van der Waals surface area (Å²) in [5.74, 6) is -0.346. The summed E-state index contributed by atoms with van der Waals surface area (Å²) in [4.78, 5) is 3.98. The van der Waals surface area contributed by atoms with E-state index in [2.05, 4.69) is 10.1 Å². The Labute approximate surface area is 124 Å². The van der Waals surface area contributed by atoms with Crippen LogP contribution in [0.25, 0.3) is 11.4 Å². The third kappa shape index (κ3) is 4.78. The smallest absolute Gasteiger partial charge is 0.141 e. The zero-order valence-corrected chi connectivity index (χ0v) is 12.1. The van der Waals surface area contributed by atoms with Gasteiger partial charge in [0.1, 0.15) is 11.5 Å². The average Bonchev–Trinajstić information content (AvgIpc) is 2.78. The Balaban J connectivity index is 0.00000162. The monoisotopic (exact) mass is 306 g/mol. The van der Waals surface area contributed by atoms with E-state index in [1.807, 2.05) is 19.2 Å². The molecule has 2 heterocycles. The van der Waals surface area contributed by atoms with Crippen molar-refractivity contribution in [3.8, 4) is 11.4 Å². The van der Waals surface area contributed by atoms with Crippen LogP contribution in [0, 0.1) is 5.82 Å². The van der Waals surface area contributed by atoms with Crippen LogP contribution in [0.5, 0.6) is 0 Å². The van der Waals surface area contributed by atoms with Gasteiger partial charge in [0.05, 0.1) is 18.4 Å². The maximum absolute atomic E-state index is 12.7. The summed E-state index contributed by atoms with van der Waals surface area (Å²) in [5.41, 5.74) is 7.24. The van der Waals surface area contributed by atoms with Gasteiger partial charge in [-0.15, -0.1) is 24.8 Å². The Bertz CT molecular complexity index is 487. The van der Waals surface area contributed by atoms with Gasteiger partial charge in [-0.2, -0.15) is 5.10 Å². The van der Waals surface area contributed by atoms with Crippen molar-refractivity contribution in [1.82, 2.24) is 14.8 Å². The molecule has 2 aromatic heterocycles. The quantitative estimate of drug-likeness (QED) is 0.945. The molecular weight excluding hydrogens is 290 g/mol. The van der Waals surface area contributed by atoms with Crippen molar-refractivity contribution in [2.75, 3.05) is 0 Å². The first-order valence-electron chi connectivity index (χ1n) is 5.60. The van der Waals surface area contributed by atoms with Gasteiger partial charge in [-0.1, -0.05) is 6.92 Å². The SMILES string of the molecule is CC[C@H](N)Cn1ccc(-c2ccc(F)cn2)n1.Cl.Cl. The van der Waals surface area contributed by atoms with Crippen LogP contribution in [0.2, 0.25) is 0 Å². The molecule has 2 aromatic rings. The van der Waals surface area contributed by atoms with Gasteiger partial charge < -0.3 is 5.73 Å². The maximum Gasteiger partial charge on any atom is 0.141 e. The first-order valence-corrected chi connectivity index (χ1v) is 5.60. The molecule has 0 unspecified atom stereocenters. The first-order chi connectivity index (χ1) is 8.19. The van der Waals surface area contributed by atoms with E-state index >= 15 is 0 Å². The number of halogens is 3. The molecule has 0 saturated heterocycles. The highest BCUT2D eigenvalue weighted by molar-refractivity contribution is 5.85. The zero-order valence-electron chi connectivity index (χ0n) is 10.5. The van der Waals surface area contributed by atoms with Crippen molar-refractivity contribution in [3.63, 3.8) is 0 Å². The lowest BCUT2D eigenvalue weighted by Gasteiger charge is -2.07. The number of pyridine rings is 1. The maximum atomic E-state index is 12.7. The molecule has 1 atom stereocenters. The summed E-state index contributed by atoms with van der Waals surface area (Å²) >= 11 is 0. The number of nitrogens with zero attached hydrogens (tertiary/aromatic N) is 3. The Kier molecular flexibility index (Phi) is 7.59. The molecule has 0 amide bonds. The van der Waals surface area contributed by atoms with Crippen LogP contribution in [0.15, 0.2) is 30.6 Å². The van der Waals surface area contributed by atoms with Crippen molar-refractivity contribution < 1.29 is 4.39 Å². The minimum Gasteiger partial charge on any atom is -0.326 e. The number of rotatable bonds is 4. The minimum atomic E-state index is -0.346. The van der Waals surface area contributed by atoms with Gasteiger partial charge in [-0.25, -0.2) is 4.39 Å². The van der Waals surface area contributed by atoms with Crippen molar-refractivity contribution >= 4 is 24.8 Å². The summed E-state index contributed by atoms with van der Waals surface area (Å²) < 4.78 is 14.5. The molecule has 0 radical (unpaired) electrons. The van der Waals surface area contributed by atoms with Gasteiger partial charge in [0.2, 0.25) is 0 Å². The third-order valence-corrected chi connectivity index (χ3v) is 2.58. The number of hydrogen-bond donors (Lipinski definition) is 1. The molecule has 0 saturated carbocycles. The van der Waals surface area contributed by atoms with E-state index in [1.165, 1.54) is 12.3 Å². The van der Waals surface area contributed by atoms with Gasteiger partial charge in [0.15, 0.2) is 0 Å². The van der Waals surface area contributed by atoms with Crippen LogP contribution in [0.3, 0.4) is 0 Å². The van der Waals surface area contributed by atoms with E-state index in [0.717, 1.165) is 12.1 Å². The van der Waals surface area contributed by atoms with E-state index in [4.69, 9.17) is 5.73 Å². The highest BCUT2D eigenvalue weighted by atomic mass is 35.5. The van der Waals surface area contributed by atoms with E-state index in [-0.39, 0.29) is 36.7 Å². The molecule has 19 heavy (non-hydrogen) atoms. The Morgan fingerprint density at radius 3 is 2.58 bits per heavy atom. The molecule has 0 fully saturated rings. The van der Waals surface area contributed by atoms with Crippen molar-refractivity contribution in [2.24, 2.45) is 5.73 Å². The molecular formula is C12H17Cl2FN4. The molecule has 2 rings (SSSR count). The van der Waals surface area contributed by atoms with Gasteiger partial charge in [0.25, 0.3) is 0 Å². The fraction of sp³-hybridized carbons (Fsp3) is 0.333. The topological polar surface area (TPSA) is 56.7 Å². The van der Waals surface area contributed by atoms with Crippen LogP contribution in [0.1, 0.15) is 13.3 Å². The van der Waals surface area contributed by atoms with Gasteiger partial charge in [0, 0.05) is 12.2 Å². The van der Waals surface area contributed by atoms with Crippen molar-refractivity contribution in [3.05, 3.63) is 36.4 Å². The predicted octanol–water partition coefficient (Wildman–Crippen LogP) is 2.67. The number of hydrogen-bond acceptors (Lipinski definition) is 3. The fourth-order valence-electron chi connectivity index (χ4n) is 1.50. The van der Waals surface area contributed by atoms with Crippen LogP contribution >= 0.6 is 24.8 Å². The second kappa shape index (κ2) is 8.09. The van der Waals surface area contributed by atoms with E-state index in [9.17, 15) is 4.39 Å². The summed E-state index contributed by atoms with van der Waals surface area (Å²) in [7, 11) is 0. The average molecular weight is 307 g/mol. The highest BCUT2D eigenvalue weighted by Gasteiger charge is 2.06. The van der Waals surface area contributed by atoms with Crippen LogP contribution < -0.4 is 5.73 Å². The normalized spacial score (nSPS) is 11.3. The second-order valence-corrected chi connectivity index (χ2v) is 3.95. The standard InChI is InChI=1S/C12H15FN4.2ClH/c1-2-10(14)8-17-6-5-12(16-17)11-4-3-9(13)7-15-11;;/h3-7,10H,2,8,14H2,1H3;2*1H/t10-;;/m0../s1. The van der Waals surface area contributed by atoms with E-state index in [0.29, 0.717) is 12.2 Å². The Hall–Kier alpha value is -1.17. The largest absolute Gasteiger partial charge is 0.326 e. The number of aromatic nitrogens is 3. The molecule has 0 aliphatic heterocycles. The summed E-state index contributed by atoms with van der Waals surface area (Å²) in [6.45, 7) is 2.72. The predicted molar refractivity (Wildman–Crippen MR) is 78.2 cm³/mol. The summed E-state index contributed by atoms with van der Waals surface area (Å²) in [6.07, 6.45) is 3.95. The third-order valence-electron chi connectivity index (χ3n) is 2.58. The molecule has 0 aromatic carbocycles. The molecule has 106 valence electrons.